The van der Waals surface area contributed by atoms with Crippen LogP contribution in [0.1, 0.15) is 23.6 Å². The number of ether oxygens (including phenoxy) is 2. The molecule has 1 aromatic heterocycles. The fourth-order valence-corrected chi connectivity index (χ4v) is 4.58. The summed E-state index contributed by atoms with van der Waals surface area (Å²) in [4.78, 5) is 16.5. The van der Waals surface area contributed by atoms with Crippen LogP contribution in [-0.4, -0.2) is 22.1 Å². The number of nitro benzene ring substituents is 1. The van der Waals surface area contributed by atoms with Crippen LogP contribution in [0.5, 0.6) is 11.5 Å². The van der Waals surface area contributed by atoms with Crippen molar-refractivity contribution in [2.24, 2.45) is 10.1 Å². The van der Waals surface area contributed by atoms with Crippen molar-refractivity contribution >= 4 is 28.4 Å². The molecule has 35 heavy (non-hydrogen) atoms. The SMILES string of the molecule is CC(=Nn1c(-c2cccc([N+](=O)[O-])c2)csc1=Nc1cccc(C)c1C)c1ccc2c(c1)OCO2. The number of hydrogen-bond acceptors (Lipinski definition) is 7. The van der Waals surface area contributed by atoms with E-state index in [4.69, 9.17) is 19.6 Å². The van der Waals surface area contributed by atoms with Gasteiger partial charge in [0.15, 0.2) is 11.5 Å². The highest BCUT2D eigenvalue weighted by atomic mass is 32.1. The van der Waals surface area contributed by atoms with Crippen molar-refractivity contribution in [3.63, 3.8) is 0 Å². The molecule has 0 N–H and O–H groups in total. The van der Waals surface area contributed by atoms with Crippen molar-refractivity contribution in [1.82, 2.24) is 4.68 Å². The Balaban J connectivity index is 1.69. The topological polar surface area (TPSA) is 91.2 Å². The fourth-order valence-electron chi connectivity index (χ4n) is 3.74. The molecule has 0 aliphatic carbocycles. The minimum Gasteiger partial charge on any atom is -0.454 e. The lowest BCUT2D eigenvalue weighted by atomic mass is 10.1. The second-order valence-electron chi connectivity index (χ2n) is 8.11. The maximum absolute atomic E-state index is 11.4. The van der Waals surface area contributed by atoms with Crippen molar-refractivity contribution in [3.8, 4) is 22.8 Å². The Morgan fingerprint density at radius 3 is 2.69 bits per heavy atom. The van der Waals surface area contributed by atoms with E-state index in [1.54, 1.807) is 16.8 Å². The Kier molecular flexibility index (Phi) is 5.92. The third-order valence-corrected chi connectivity index (χ3v) is 6.69. The van der Waals surface area contributed by atoms with Crippen molar-refractivity contribution in [1.29, 1.82) is 0 Å². The van der Waals surface area contributed by atoms with Gasteiger partial charge in [-0.1, -0.05) is 24.3 Å². The summed E-state index contributed by atoms with van der Waals surface area (Å²) in [6, 6.07) is 18.2. The second-order valence-corrected chi connectivity index (χ2v) is 8.94. The van der Waals surface area contributed by atoms with Crippen molar-refractivity contribution in [3.05, 3.63) is 97.6 Å². The van der Waals surface area contributed by atoms with E-state index in [1.165, 1.54) is 17.4 Å². The smallest absolute Gasteiger partial charge is 0.270 e. The monoisotopic (exact) mass is 486 g/mol. The molecule has 0 atom stereocenters. The van der Waals surface area contributed by atoms with Gasteiger partial charge in [-0.25, -0.2) is 9.67 Å². The summed E-state index contributed by atoms with van der Waals surface area (Å²) in [5.74, 6) is 1.37. The van der Waals surface area contributed by atoms with Gasteiger partial charge in [0.25, 0.3) is 5.69 Å². The zero-order valence-corrected chi connectivity index (χ0v) is 20.2. The molecule has 8 nitrogen and oxygen atoms in total. The molecule has 3 aromatic carbocycles. The minimum atomic E-state index is -0.400. The van der Waals surface area contributed by atoms with E-state index in [1.807, 2.05) is 68.6 Å². The number of hydrogen-bond donors (Lipinski definition) is 0. The van der Waals surface area contributed by atoms with Gasteiger partial charge in [-0.3, -0.25) is 10.1 Å². The molecule has 0 saturated carbocycles. The lowest BCUT2D eigenvalue weighted by molar-refractivity contribution is -0.384. The number of benzene rings is 3. The summed E-state index contributed by atoms with van der Waals surface area (Å²) in [6.45, 7) is 6.19. The first kappa shape index (κ1) is 22.5. The van der Waals surface area contributed by atoms with E-state index in [2.05, 4.69) is 0 Å². The Bertz CT molecular complexity index is 1550. The van der Waals surface area contributed by atoms with Crippen molar-refractivity contribution in [2.45, 2.75) is 20.8 Å². The molecule has 4 aromatic rings. The van der Waals surface area contributed by atoms with Gasteiger partial charge >= 0.3 is 0 Å². The Morgan fingerprint density at radius 2 is 1.86 bits per heavy atom. The van der Waals surface area contributed by atoms with E-state index in [0.717, 1.165) is 28.1 Å². The van der Waals surface area contributed by atoms with E-state index in [-0.39, 0.29) is 12.5 Å². The van der Waals surface area contributed by atoms with Crippen LogP contribution in [-0.2, 0) is 0 Å². The van der Waals surface area contributed by atoms with Crippen LogP contribution >= 0.6 is 11.3 Å². The normalized spacial score (nSPS) is 13.3. The van der Waals surface area contributed by atoms with Gasteiger partial charge in [-0.15, -0.1) is 11.3 Å². The molecule has 1 aliphatic rings. The third kappa shape index (κ3) is 4.45. The predicted octanol–water partition coefficient (Wildman–Crippen LogP) is 5.98. The standard InChI is InChI=1S/C26H22N4O4S/c1-16-6-4-9-22(17(16)2)27-26-29(23(14-35-26)20-7-5-8-21(12-20)30(31)32)28-18(3)19-10-11-24-25(13-19)34-15-33-24/h4-14H,15H2,1-3H3. The highest BCUT2D eigenvalue weighted by Gasteiger charge is 2.16. The predicted molar refractivity (Wildman–Crippen MR) is 136 cm³/mol. The lowest BCUT2D eigenvalue weighted by Crippen LogP contribution is -2.14. The molecule has 9 heteroatoms. The highest BCUT2D eigenvalue weighted by molar-refractivity contribution is 7.07. The number of thiazole rings is 1. The first-order valence-corrected chi connectivity index (χ1v) is 11.8. The Morgan fingerprint density at radius 1 is 1.06 bits per heavy atom. The summed E-state index contributed by atoms with van der Waals surface area (Å²) >= 11 is 1.43. The number of non-ortho nitro benzene ring substituents is 1. The van der Waals surface area contributed by atoms with Gasteiger partial charge in [0.1, 0.15) is 0 Å². The molecule has 176 valence electrons. The molecule has 5 rings (SSSR count). The number of nitrogens with zero attached hydrogens (tertiary/aromatic N) is 4. The first-order valence-electron chi connectivity index (χ1n) is 10.9. The molecular weight excluding hydrogens is 464 g/mol. The second kappa shape index (κ2) is 9.19. The van der Waals surface area contributed by atoms with Crippen LogP contribution in [0.3, 0.4) is 0 Å². The molecule has 2 heterocycles. The molecule has 0 saturated heterocycles. The van der Waals surface area contributed by atoms with E-state index in [0.29, 0.717) is 27.6 Å². The molecule has 1 aliphatic heterocycles. The number of fused-ring (bicyclic) bond motifs is 1. The fraction of sp³-hybridized carbons (Fsp3) is 0.154. The number of aromatic nitrogens is 1. The van der Waals surface area contributed by atoms with E-state index >= 15 is 0 Å². The van der Waals surface area contributed by atoms with E-state index in [9.17, 15) is 10.1 Å². The quantitative estimate of drug-likeness (QED) is 0.197. The van der Waals surface area contributed by atoms with Crippen LogP contribution in [0, 0.1) is 24.0 Å². The number of nitro groups is 1. The summed E-state index contributed by atoms with van der Waals surface area (Å²) in [5, 5.41) is 18.2. The average Bonchev–Trinajstić information content (AvgIpc) is 3.48. The van der Waals surface area contributed by atoms with E-state index < -0.39 is 4.92 Å². The zero-order valence-electron chi connectivity index (χ0n) is 19.4. The summed E-state index contributed by atoms with van der Waals surface area (Å²) in [5.41, 5.74) is 6.09. The average molecular weight is 487 g/mol. The van der Waals surface area contributed by atoms with Gasteiger partial charge in [0.05, 0.1) is 22.0 Å². The molecule has 0 radical (unpaired) electrons. The summed E-state index contributed by atoms with van der Waals surface area (Å²) in [7, 11) is 0. The molecular formula is C26H22N4O4S. The van der Waals surface area contributed by atoms with Crippen LogP contribution in [0.2, 0.25) is 0 Å². The third-order valence-electron chi connectivity index (χ3n) is 5.87. The molecule has 0 fully saturated rings. The molecule has 0 unspecified atom stereocenters. The highest BCUT2D eigenvalue weighted by Crippen LogP contribution is 2.33. The number of rotatable bonds is 5. The maximum atomic E-state index is 11.4. The molecule has 0 amide bonds. The van der Waals surface area contributed by atoms with Crippen molar-refractivity contribution < 1.29 is 14.4 Å². The molecule has 0 spiro atoms. The van der Waals surface area contributed by atoms with Crippen molar-refractivity contribution in [2.75, 3.05) is 6.79 Å². The lowest BCUT2D eigenvalue weighted by Gasteiger charge is -2.08. The van der Waals surface area contributed by atoms with Crippen LogP contribution in [0.25, 0.3) is 11.3 Å². The van der Waals surface area contributed by atoms with Crippen LogP contribution < -0.4 is 14.3 Å². The van der Waals surface area contributed by atoms with Gasteiger partial charge in [0.2, 0.25) is 11.6 Å². The minimum absolute atomic E-state index is 0.0183. The summed E-state index contributed by atoms with van der Waals surface area (Å²) < 4.78 is 12.7. The van der Waals surface area contributed by atoms with Gasteiger partial charge in [-0.05, 0) is 56.2 Å². The van der Waals surface area contributed by atoms with Gasteiger partial charge < -0.3 is 9.47 Å². The number of aryl methyl sites for hydroxylation is 1. The van der Waals surface area contributed by atoms with Crippen LogP contribution in [0.4, 0.5) is 11.4 Å². The van der Waals surface area contributed by atoms with Crippen LogP contribution in [0.15, 0.2) is 76.1 Å². The Labute approximate surface area is 205 Å². The largest absolute Gasteiger partial charge is 0.454 e. The Hall–Kier alpha value is -4.24. The maximum Gasteiger partial charge on any atom is 0.270 e. The summed E-state index contributed by atoms with van der Waals surface area (Å²) in [6.07, 6.45) is 0. The zero-order chi connectivity index (χ0) is 24.5. The first-order chi connectivity index (χ1) is 16.9. The van der Waals surface area contributed by atoms with Gasteiger partial charge in [-0.2, -0.15) is 5.10 Å². The molecule has 0 bridgehead atoms. The van der Waals surface area contributed by atoms with Gasteiger partial charge in [0, 0.05) is 28.6 Å².